The third-order valence-corrected chi connectivity index (χ3v) is 2.59. The van der Waals surface area contributed by atoms with Crippen molar-refractivity contribution >= 4 is 28.0 Å². The van der Waals surface area contributed by atoms with Crippen LogP contribution in [0.4, 0.5) is 4.39 Å². The molecule has 1 rings (SSSR count). The molecule has 1 aromatic carbocycles. The summed E-state index contributed by atoms with van der Waals surface area (Å²) in [5.41, 5.74) is 0.354. The second-order valence-electron chi connectivity index (χ2n) is 3.52. The lowest BCUT2D eigenvalue weighted by atomic mass is 10.2. The molecule has 1 aromatic rings. The van der Waals surface area contributed by atoms with Gasteiger partial charge in [-0.2, -0.15) is 0 Å². The number of unbranched alkanes of at least 4 members (excludes halogenated alkanes) is 1. The maximum absolute atomic E-state index is 13.3. The lowest BCUT2D eigenvalue weighted by molar-refractivity contribution is -0.137. The van der Waals surface area contributed by atoms with Crippen LogP contribution in [-0.4, -0.2) is 12.6 Å². The van der Waals surface area contributed by atoms with Gasteiger partial charge < -0.3 is 4.74 Å². The molecule has 0 heterocycles. The van der Waals surface area contributed by atoms with Crippen molar-refractivity contribution in [1.82, 2.24) is 0 Å². The Morgan fingerprint density at radius 2 is 2.29 bits per heavy atom. The van der Waals surface area contributed by atoms with E-state index in [2.05, 4.69) is 15.9 Å². The Morgan fingerprint density at radius 1 is 1.53 bits per heavy atom. The molecule has 2 nitrogen and oxygen atoms in total. The van der Waals surface area contributed by atoms with Gasteiger partial charge in [0.25, 0.3) is 0 Å². The van der Waals surface area contributed by atoms with Crippen molar-refractivity contribution in [3.05, 3.63) is 40.1 Å². The Morgan fingerprint density at radius 3 is 3.00 bits per heavy atom. The molecule has 0 unspecified atom stereocenters. The quantitative estimate of drug-likeness (QED) is 0.468. The van der Waals surface area contributed by atoms with Gasteiger partial charge in [-0.05, 0) is 30.7 Å². The predicted molar refractivity (Wildman–Crippen MR) is 69.0 cm³/mol. The largest absolute Gasteiger partial charge is 0.463 e. The van der Waals surface area contributed by atoms with E-state index in [1.807, 2.05) is 6.92 Å². The molecule has 0 radical (unpaired) electrons. The summed E-state index contributed by atoms with van der Waals surface area (Å²) in [6.07, 6.45) is 4.46. The minimum absolute atomic E-state index is 0.354. The molecular weight excluding hydrogens is 287 g/mol. The minimum atomic E-state index is -0.446. The fourth-order valence-electron chi connectivity index (χ4n) is 1.17. The van der Waals surface area contributed by atoms with Gasteiger partial charge in [-0.3, -0.25) is 0 Å². The summed E-state index contributed by atoms with van der Waals surface area (Å²) in [5, 5.41) is 0. The highest BCUT2D eigenvalue weighted by atomic mass is 79.9. The van der Waals surface area contributed by atoms with Gasteiger partial charge in [0, 0.05) is 16.1 Å². The number of carbonyl (C=O) groups excluding carboxylic acids is 1. The maximum Gasteiger partial charge on any atom is 0.330 e. The van der Waals surface area contributed by atoms with Crippen molar-refractivity contribution in [2.75, 3.05) is 6.61 Å². The molecule has 0 aliphatic rings. The van der Waals surface area contributed by atoms with E-state index in [0.29, 0.717) is 12.2 Å². The van der Waals surface area contributed by atoms with Gasteiger partial charge in [0.05, 0.1) is 6.61 Å². The van der Waals surface area contributed by atoms with Crippen molar-refractivity contribution in [2.24, 2.45) is 0 Å². The molecule has 0 bridgehead atoms. The third kappa shape index (κ3) is 5.13. The average Bonchev–Trinajstić information content (AvgIpc) is 2.31. The number of esters is 1. The zero-order chi connectivity index (χ0) is 12.7. The highest BCUT2D eigenvalue weighted by Gasteiger charge is 2.01. The average molecular weight is 301 g/mol. The first-order valence-electron chi connectivity index (χ1n) is 5.43. The highest BCUT2D eigenvalue weighted by Crippen LogP contribution is 2.16. The summed E-state index contributed by atoms with van der Waals surface area (Å²) in [5.74, 6) is -0.816. The number of ether oxygens (including phenoxy) is 1. The maximum atomic E-state index is 13.3. The number of benzene rings is 1. The summed E-state index contributed by atoms with van der Waals surface area (Å²) >= 11 is 3.24. The molecular formula is C13H14BrFO2. The summed E-state index contributed by atoms with van der Waals surface area (Å²) in [6, 6.07) is 4.55. The molecule has 0 N–H and O–H groups in total. The van der Waals surface area contributed by atoms with Crippen LogP contribution in [0.3, 0.4) is 0 Å². The van der Waals surface area contributed by atoms with E-state index < -0.39 is 5.97 Å². The normalized spacial score (nSPS) is 10.8. The monoisotopic (exact) mass is 300 g/mol. The smallest absolute Gasteiger partial charge is 0.330 e. The van der Waals surface area contributed by atoms with Gasteiger partial charge in [-0.1, -0.05) is 29.3 Å². The van der Waals surface area contributed by atoms with Crippen molar-refractivity contribution < 1.29 is 13.9 Å². The van der Waals surface area contributed by atoms with E-state index in [9.17, 15) is 9.18 Å². The van der Waals surface area contributed by atoms with Gasteiger partial charge in [0.15, 0.2) is 0 Å². The molecule has 0 aliphatic carbocycles. The fraction of sp³-hybridized carbons (Fsp3) is 0.308. The lowest BCUT2D eigenvalue weighted by Crippen LogP contribution is -2.01. The van der Waals surface area contributed by atoms with Crippen LogP contribution in [0.25, 0.3) is 6.08 Å². The van der Waals surface area contributed by atoms with E-state index in [0.717, 1.165) is 17.3 Å². The molecule has 17 heavy (non-hydrogen) atoms. The van der Waals surface area contributed by atoms with E-state index in [1.54, 1.807) is 12.1 Å². The number of hydrogen-bond acceptors (Lipinski definition) is 2. The molecule has 4 heteroatoms. The summed E-state index contributed by atoms with van der Waals surface area (Å²) in [6.45, 7) is 2.42. The second-order valence-corrected chi connectivity index (χ2v) is 4.44. The first-order chi connectivity index (χ1) is 8.13. The predicted octanol–water partition coefficient (Wildman–Crippen LogP) is 3.94. The lowest BCUT2D eigenvalue weighted by Gasteiger charge is -2.00. The van der Waals surface area contributed by atoms with Crippen LogP contribution in [-0.2, 0) is 9.53 Å². The molecule has 92 valence electrons. The van der Waals surface area contributed by atoms with Crippen molar-refractivity contribution in [3.63, 3.8) is 0 Å². The Balaban J connectivity index is 2.57. The first-order valence-corrected chi connectivity index (χ1v) is 6.22. The number of hydrogen-bond donors (Lipinski definition) is 0. The Hall–Kier alpha value is -1.16. The zero-order valence-corrected chi connectivity index (χ0v) is 11.2. The van der Waals surface area contributed by atoms with Crippen LogP contribution < -0.4 is 0 Å². The Bertz CT molecular complexity index is 416. The highest BCUT2D eigenvalue weighted by molar-refractivity contribution is 9.10. The second kappa shape index (κ2) is 7.22. The molecule has 0 aromatic heterocycles. The van der Waals surface area contributed by atoms with Gasteiger partial charge >= 0.3 is 5.97 Å². The molecule has 0 atom stereocenters. The molecule has 0 aliphatic heterocycles. The minimum Gasteiger partial charge on any atom is -0.463 e. The van der Waals surface area contributed by atoms with Crippen molar-refractivity contribution in [3.8, 4) is 0 Å². The number of halogens is 2. The Labute approximate surface area is 109 Å². The van der Waals surface area contributed by atoms with Crippen LogP contribution in [0.1, 0.15) is 25.3 Å². The topological polar surface area (TPSA) is 26.3 Å². The van der Waals surface area contributed by atoms with Gasteiger partial charge in [0.2, 0.25) is 0 Å². The van der Waals surface area contributed by atoms with E-state index in [1.165, 1.54) is 18.2 Å². The molecule has 0 amide bonds. The molecule has 0 saturated heterocycles. The summed E-state index contributed by atoms with van der Waals surface area (Å²) in [4.78, 5) is 11.2. The summed E-state index contributed by atoms with van der Waals surface area (Å²) in [7, 11) is 0. The Kier molecular flexibility index (Phi) is 5.91. The van der Waals surface area contributed by atoms with Gasteiger partial charge in [0.1, 0.15) is 5.82 Å². The van der Waals surface area contributed by atoms with Gasteiger partial charge in [-0.15, -0.1) is 0 Å². The standard InChI is InChI=1S/C13H14BrFO2/c1-2-3-8-17-13(16)7-4-10-9-11(14)5-6-12(10)15/h4-7,9H,2-3,8H2,1H3/b7-4+. The van der Waals surface area contributed by atoms with Crippen LogP contribution in [0.5, 0.6) is 0 Å². The van der Waals surface area contributed by atoms with E-state index >= 15 is 0 Å². The molecule has 0 fully saturated rings. The SMILES string of the molecule is CCCCOC(=O)/C=C/c1cc(Br)ccc1F. The third-order valence-electron chi connectivity index (χ3n) is 2.10. The summed E-state index contributed by atoms with van der Waals surface area (Å²) < 4.78 is 19.0. The van der Waals surface area contributed by atoms with Crippen molar-refractivity contribution in [2.45, 2.75) is 19.8 Å². The van der Waals surface area contributed by atoms with Gasteiger partial charge in [-0.25, -0.2) is 9.18 Å². The number of rotatable bonds is 5. The van der Waals surface area contributed by atoms with E-state index in [4.69, 9.17) is 4.74 Å². The van der Waals surface area contributed by atoms with Crippen LogP contribution in [0.15, 0.2) is 28.7 Å². The molecule has 0 saturated carbocycles. The van der Waals surface area contributed by atoms with Crippen LogP contribution in [0.2, 0.25) is 0 Å². The van der Waals surface area contributed by atoms with Crippen LogP contribution >= 0.6 is 15.9 Å². The molecule has 0 spiro atoms. The van der Waals surface area contributed by atoms with Crippen LogP contribution in [0, 0.1) is 5.82 Å². The number of carbonyl (C=O) groups is 1. The van der Waals surface area contributed by atoms with E-state index in [-0.39, 0.29) is 5.82 Å². The van der Waals surface area contributed by atoms with Crippen molar-refractivity contribution in [1.29, 1.82) is 0 Å². The fourth-order valence-corrected chi connectivity index (χ4v) is 1.54. The first kappa shape index (κ1) is 13.9. The zero-order valence-electron chi connectivity index (χ0n) is 9.58.